The standard InChI is InChI=1S/C10H14BrN3O/c1-9-5-13(2)6-10(9,15-9)8-7(11)4-12-14(8)3/h4H,5-6H2,1-3H3. The number of rotatable bonds is 1. The van der Waals surface area contributed by atoms with Gasteiger partial charge < -0.3 is 4.74 Å². The Morgan fingerprint density at radius 2 is 2.20 bits per heavy atom. The van der Waals surface area contributed by atoms with E-state index in [0.29, 0.717) is 0 Å². The van der Waals surface area contributed by atoms with Gasteiger partial charge in [-0.05, 0) is 29.9 Å². The van der Waals surface area contributed by atoms with E-state index in [1.54, 1.807) is 0 Å². The van der Waals surface area contributed by atoms with E-state index >= 15 is 0 Å². The lowest BCUT2D eigenvalue weighted by molar-refractivity contribution is 0.155. The second kappa shape index (κ2) is 2.64. The van der Waals surface area contributed by atoms with Crippen molar-refractivity contribution in [3.05, 3.63) is 16.4 Å². The molecule has 2 saturated heterocycles. The molecule has 2 atom stereocenters. The molecule has 5 heteroatoms. The summed E-state index contributed by atoms with van der Waals surface area (Å²) < 4.78 is 8.93. The Labute approximate surface area is 97.3 Å². The van der Waals surface area contributed by atoms with Crippen LogP contribution in [0.25, 0.3) is 0 Å². The van der Waals surface area contributed by atoms with Crippen molar-refractivity contribution in [2.75, 3.05) is 20.1 Å². The van der Waals surface area contributed by atoms with Gasteiger partial charge in [-0.15, -0.1) is 0 Å². The largest absolute Gasteiger partial charge is 0.353 e. The van der Waals surface area contributed by atoms with Gasteiger partial charge in [-0.1, -0.05) is 0 Å². The number of morpholine rings is 1. The predicted octanol–water partition coefficient (Wildman–Crippen LogP) is 1.11. The summed E-state index contributed by atoms with van der Waals surface area (Å²) in [6.45, 7) is 4.11. The first kappa shape index (κ1) is 9.81. The molecule has 0 spiro atoms. The third-order valence-corrected chi connectivity index (χ3v) is 4.13. The van der Waals surface area contributed by atoms with Crippen LogP contribution in [-0.2, 0) is 17.4 Å². The Kier molecular flexibility index (Phi) is 1.73. The highest BCUT2D eigenvalue weighted by molar-refractivity contribution is 9.10. The fourth-order valence-electron chi connectivity index (χ4n) is 2.91. The number of likely N-dealkylation sites (N-methyl/N-ethyl adjacent to an activating group) is 1. The van der Waals surface area contributed by atoms with E-state index in [2.05, 4.69) is 39.9 Å². The maximum absolute atomic E-state index is 5.97. The van der Waals surface area contributed by atoms with Gasteiger partial charge in [0.25, 0.3) is 0 Å². The molecule has 82 valence electrons. The van der Waals surface area contributed by atoms with Crippen molar-refractivity contribution in [3.63, 3.8) is 0 Å². The Bertz CT molecular complexity index is 413. The number of hydrogen-bond acceptors (Lipinski definition) is 3. The highest BCUT2D eigenvalue weighted by Crippen LogP contribution is 2.60. The highest BCUT2D eigenvalue weighted by atomic mass is 79.9. The van der Waals surface area contributed by atoms with Crippen molar-refractivity contribution in [1.82, 2.24) is 14.7 Å². The van der Waals surface area contributed by atoms with Crippen LogP contribution in [0.15, 0.2) is 10.7 Å². The first-order valence-corrected chi connectivity index (χ1v) is 5.84. The fourth-order valence-corrected chi connectivity index (χ4v) is 3.58. The van der Waals surface area contributed by atoms with E-state index in [1.165, 1.54) is 0 Å². The molecule has 1 aromatic rings. The molecule has 0 saturated carbocycles. The van der Waals surface area contributed by atoms with E-state index < -0.39 is 0 Å². The minimum Gasteiger partial charge on any atom is -0.353 e. The van der Waals surface area contributed by atoms with Gasteiger partial charge >= 0.3 is 0 Å². The lowest BCUT2D eigenvalue weighted by Crippen LogP contribution is -2.25. The van der Waals surface area contributed by atoms with E-state index in [-0.39, 0.29) is 11.2 Å². The maximum atomic E-state index is 5.97. The smallest absolute Gasteiger partial charge is 0.154 e. The Hall–Kier alpha value is -0.390. The first-order valence-electron chi connectivity index (χ1n) is 5.05. The zero-order valence-electron chi connectivity index (χ0n) is 9.12. The molecule has 3 rings (SSSR count). The third-order valence-electron chi connectivity index (χ3n) is 3.55. The monoisotopic (exact) mass is 271 g/mol. The molecule has 2 fully saturated rings. The van der Waals surface area contributed by atoms with Crippen molar-refractivity contribution in [2.24, 2.45) is 7.05 Å². The predicted molar refractivity (Wildman–Crippen MR) is 59.6 cm³/mol. The van der Waals surface area contributed by atoms with Gasteiger partial charge in [-0.2, -0.15) is 5.10 Å². The first-order chi connectivity index (χ1) is 6.98. The molecule has 4 nitrogen and oxygen atoms in total. The number of epoxide rings is 1. The number of aryl methyl sites for hydroxylation is 1. The van der Waals surface area contributed by atoms with Crippen molar-refractivity contribution in [2.45, 2.75) is 18.1 Å². The van der Waals surface area contributed by atoms with E-state index in [0.717, 1.165) is 23.3 Å². The lowest BCUT2D eigenvalue weighted by Gasteiger charge is -2.14. The van der Waals surface area contributed by atoms with E-state index in [4.69, 9.17) is 4.74 Å². The van der Waals surface area contributed by atoms with Gasteiger partial charge in [0.2, 0.25) is 0 Å². The van der Waals surface area contributed by atoms with Gasteiger partial charge in [-0.25, -0.2) is 0 Å². The van der Waals surface area contributed by atoms with Crippen LogP contribution in [0, 0.1) is 0 Å². The molecule has 3 heterocycles. The van der Waals surface area contributed by atoms with Crippen LogP contribution in [0.3, 0.4) is 0 Å². The summed E-state index contributed by atoms with van der Waals surface area (Å²) >= 11 is 3.55. The maximum Gasteiger partial charge on any atom is 0.154 e. The summed E-state index contributed by atoms with van der Waals surface area (Å²) in [5.41, 5.74) is 0.985. The molecule has 2 aliphatic heterocycles. The lowest BCUT2D eigenvalue weighted by atomic mass is 9.95. The molecule has 2 unspecified atom stereocenters. The molecule has 0 bridgehead atoms. The molecule has 2 aliphatic rings. The molecular formula is C10H14BrN3O. The van der Waals surface area contributed by atoms with Crippen LogP contribution in [0.2, 0.25) is 0 Å². The van der Waals surface area contributed by atoms with Gasteiger partial charge in [0.1, 0.15) is 5.60 Å². The zero-order chi connectivity index (χ0) is 10.8. The van der Waals surface area contributed by atoms with Gasteiger partial charge in [0.05, 0.1) is 16.4 Å². The number of likely N-dealkylation sites (tertiary alicyclic amines) is 1. The molecule has 0 amide bonds. The van der Waals surface area contributed by atoms with Crippen LogP contribution < -0.4 is 0 Å². The van der Waals surface area contributed by atoms with Gasteiger partial charge in [0, 0.05) is 20.1 Å². The quantitative estimate of drug-likeness (QED) is 0.718. The molecule has 15 heavy (non-hydrogen) atoms. The summed E-state index contributed by atoms with van der Waals surface area (Å²) in [7, 11) is 4.10. The van der Waals surface area contributed by atoms with Crippen molar-refractivity contribution in [3.8, 4) is 0 Å². The summed E-state index contributed by atoms with van der Waals surface area (Å²) in [4.78, 5) is 2.31. The normalized spacial score (nSPS) is 39.5. The van der Waals surface area contributed by atoms with E-state index in [9.17, 15) is 0 Å². The zero-order valence-corrected chi connectivity index (χ0v) is 10.7. The number of nitrogens with zero attached hydrogens (tertiary/aromatic N) is 3. The number of halogens is 1. The minimum atomic E-state index is -0.147. The van der Waals surface area contributed by atoms with Gasteiger partial charge in [0.15, 0.2) is 5.60 Å². The van der Waals surface area contributed by atoms with Crippen LogP contribution in [0.4, 0.5) is 0 Å². The summed E-state index contributed by atoms with van der Waals surface area (Å²) in [5.74, 6) is 0. The summed E-state index contributed by atoms with van der Waals surface area (Å²) in [6.07, 6.45) is 1.84. The van der Waals surface area contributed by atoms with Crippen LogP contribution in [0.5, 0.6) is 0 Å². The second-order valence-electron chi connectivity index (χ2n) is 4.80. The molecule has 0 radical (unpaired) electrons. The van der Waals surface area contributed by atoms with Crippen molar-refractivity contribution >= 4 is 15.9 Å². The third kappa shape index (κ3) is 1.06. The summed E-state index contributed by atoms with van der Waals surface area (Å²) in [6, 6.07) is 0. The van der Waals surface area contributed by atoms with E-state index in [1.807, 2.05) is 17.9 Å². The van der Waals surface area contributed by atoms with Gasteiger partial charge in [-0.3, -0.25) is 9.58 Å². The number of hydrogen-bond donors (Lipinski definition) is 0. The van der Waals surface area contributed by atoms with Crippen LogP contribution >= 0.6 is 15.9 Å². The molecule has 1 aromatic heterocycles. The minimum absolute atomic E-state index is 0.0297. The molecular weight excluding hydrogens is 258 g/mol. The van der Waals surface area contributed by atoms with Crippen LogP contribution in [-0.4, -0.2) is 40.4 Å². The number of aromatic nitrogens is 2. The SMILES string of the molecule is CN1CC2(C)OC2(c2c(Br)cnn2C)C1. The average Bonchev–Trinajstić information content (AvgIpc) is 2.42. The Morgan fingerprint density at radius 1 is 1.47 bits per heavy atom. The summed E-state index contributed by atoms with van der Waals surface area (Å²) in [5, 5.41) is 4.26. The number of ether oxygens (including phenoxy) is 1. The highest BCUT2D eigenvalue weighted by Gasteiger charge is 2.74. The molecule has 0 N–H and O–H groups in total. The fraction of sp³-hybridized carbons (Fsp3) is 0.700. The molecule has 0 aromatic carbocycles. The van der Waals surface area contributed by atoms with Crippen molar-refractivity contribution < 1.29 is 4.74 Å². The Balaban J connectivity index is 2.10. The second-order valence-corrected chi connectivity index (χ2v) is 5.65. The average molecular weight is 272 g/mol. The van der Waals surface area contributed by atoms with Crippen LogP contribution in [0.1, 0.15) is 12.6 Å². The van der Waals surface area contributed by atoms with Crippen molar-refractivity contribution in [1.29, 1.82) is 0 Å². The Morgan fingerprint density at radius 3 is 2.67 bits per heavy atom. The number of fused-ring (bicyclic) bond motifs is 1. The topological polar surface area (TPSA) is 33.6 Å². The molecule has 0 aliphatic carbocycles.